The van der Waals surface area contributed by atoms with E-state index >= 15 is 0 Å². The number of hydrogen-bond donors (Lipinski definition) is 0. The van der Waals surface area contributed by atoms with Crippen LogP contribution in [0.4, 0.5) is 5.69 Å². The van der Waals surface area contributed by atoms with Crippen molar-refractivity contribution >= 4 is 5.69 Å². The van der Waals surface area contributed by atoms with E-state index in [2.05, 4.69) is 0 Å². The molecule has 9 heavy (non-hydrogen) atoms. The van der Waals surface area contributed by atoms with Crippen LogP contribution >= 0.6 is 0 Å². The van der Waals surface area contributed by atoms with E-state index < -0.39 is 0 Å². The molecule has 0 radical (unpaired) electrons. The van der Waals surface area contributed by atoms with Crippen LogP contribution in [0.1, 0.15) is 1.37 Å². The quantitative estimate of drug-likeness (QED) is 0.548. The summed E-state index contributed by atoms with van der Waals surface area (Å²) < 4.78 is 7.21. The highest BCUT2D eigenvalue weighted by molar-refractivity contribution is 5.43. The molecule has 0 bridgehead atoms. The summed E-state index contributed by atoms with van der Waals surface area (Å²) in [5.41, 5.74) is 1.14. The van der Waals surface area contributed by atoms with Crippen LogP contribution in [-0.4, -0.2) is 14.1 Å². The highest BCUT2D eigenvalue weighted by Gasteiger charge is 1.87. The second kappa shape index (κ2) is 2.53. The minimum atomic E-state index is 0.561. The van der Waals surface area contributed by atoms with Crippen LogP contribution in [0.25, 0.3) is 0 Å². The summed E-state index contributed by atoms with van der Waals surface area (Å²) in [4.78, 5) is 2.01. The van der Waals surface area contributed by atoms with Gasteiger partial charge in [0.15, 0.2) is 0 Å². The largest absolute Gasteiger partial charge is 0.378 e. The fourth-order valence-corrected chi connectivity index (χ4v) is 0.676. The second-order valence-electron chi connectivity index (χ2n) is 2.15. The number of para-hydroxylation sites is 1. The molecule has 0 saturated carbocycles. The highest BCUT2D eigenvalue weighted by atomic mass is 15.1. The molecule has 0 aliphatic rings. The average molecular weight is 122 g/mol. The first-order valence-corrected chi connectivity index (χ1v) is 2.94. The number of rotatable bonds is 1. The van der Waals surface area contributed by atoms with Gasteiger partial charge in [-0.2, -0.15) is 0 Å². The predicted octanol–water partition coefficient (Wildman–Crippen LogP) is 1.75. The molecule has 0 aliphatic carbocycles. The lowest BCUT2D eigenvalue weighted by molar-refractivity contribution is 1.13. The molecule has 1 heteroatoms. The van der Waals surface area contributed by atoms with Crippen molar-refractivity contribution in [3.05, 3.63) is 30.3 Å². The topological polar surface area (TPSA) is 3.24 Å². The van der Waals surface area contributed by atoms with Crippen molar-refractivity contribution in [2.24, 2.45) is 0 Å². The van der Waals surface area contributed by atoms with Crippen molar-refractivity contribution < 1.29 is 1.37 Å². The predicted molar refractivity (Wildman–Crippen MR) is 40.8 cm³/mol. The van der Waals surface area contributed by atoms with E-state index in [-0.39, 0.29) is 0 Å². The molecular weight excluding hydrogens is 110 g/mol. The van der Waals surface area contributed by atoms with Gasteiger partial charge in [-0.1, -0.05) is 18.2 Å². The standard InChI is InChI=1S/C8H11N/c1-9(2)8-6-4-3-5-7-8/h3-7H,1-2H3/i3D. The van der Waals surface area contributed by atoms with E-state index in [0.717, 1.165) is 5.69 Å². The normalized spacial score (nSPS) is 10.7. The van der Waals surface area contributed by atoms with Crippen LogP contribution in [-0.2, 0) is 0 Å². The molecule has 1 aromatic rings. The first kappa shape index (κ1) is 4.86. The molecule has 0 aliphatic heterocycles. The zero-order valence-corrected chi connectivity index (χ0v) is 5.76. The third-order valence-corrected chi connectivity index (χ3v) is 1.22. The van der Waals surface area contributed by atoms with E-state index in [1.165, 1.54) is 0 Å². The molecule has 1 aromatic carbocycles. The van der Waals surface area contributed by atoms with Crippen LogP contribution < -0.4 is 4.90 Å². The van der Waals surface area contributed by atoms with Crippen molar-refractivity contribution in [1.82, 2.24) is 0 Å². The van der Waals surface area contributed by atoms with Crippen molar-refractivity contribution in [2.75, 3.05) is 19.0 Å². The van der Waals surface area contributed by atoms with Crippen molar-refractivity contribution in [3.8, 4) is 0 Å². The monoisotopic (exact) mass is 122 g/mol. The molecule has 0 heterocycles. The zero-order valence-electron chi connectivity index (χ0n) is 6.76. The molecule has 1 nitrogen and oxygen atoms in total. The maximum Gasteiger partial charge on any atom is 0.0623 e. The van der Waals surface area contributed by atoms with E-state index in [1.54, 1.807) is 12.1 Å². The van der Waals surface area contributed by atoms with Gasteiger partial charge in [-0.25, -0.2) is 0 Å². The lowest BCUT2D eigenvalue weighted by atomic mass is 10.3. The van der Waals surface area contributed by atoms with Crippen molar-refractivity contribution in [1.29, 1.82) is 0 Å². The fourth-order valence-electron chi connectivity index (χ4n) is 0.676. The summed E-state index contributed by atoms with van der Waals surface area (Å²) in [6.45, 7) is 0. The minimum Gasteiger partial charge on any atom is -0.378 e. The molecule has 0 amide bonds. The molecule has 48 valence electrons. The van der Waals surface area contributed by atoms with E-state index in [1.807, 2.05) is 31.1 Å². The van der Waals surface area contributed by atoms with Gasteiger partial charge in [-0.05, 0) is 12.1 Å². The number of nitrogens with zero attached hydrogens (tertiary/aromatic N) is 1. The van der Waals surface area contributed by atoms with Gasteiger partial charge in [-0.3, -0.25) is 0 Å². The first-order chi connectivity index (χ1) is 4.70. The Morgan fingerprint density at radius 2 is 1.89 bits per heavy atom. The summed E-state index contributed by atoms with van der Waals surface area (Å²) in [5, 5.41) is 0. The van der Waals surface area contributed by atoms with Crippen LogP contribution in [0.5, 0.6) is 0 Å². The lowest BCUT2D eigenvalue weighted by Gasteiger charge is -2.10. The molecular formula is C8H11N. The summed E-state index contributed by atoms with van der Waals surface area (Å²) in [7, 11) is 3.97. The Labute approximate surface area is 57.3 Å². The van der Waals surface area contributed by atoms with Gasteiger partial charge in [0.1, 0.15) is 0 Å². The van der Waals surface area contributed by atoms with Crippen molar-refractivity contribution in [3.63, 3.8) is 0 Å². The zero-order chi connectivity index (χ0) is 7.56. The van der Waals surface area contributed by atoms with Crippen LogP contribution in [0, 0.1) is 0 Å². The Hall–Kier alpha value is -0.980. The molecule has 0 aromatic heterocycles. The van der Waals surface area contributed by atoms with Gasteiger partial charge in [0.2, 0.25) is 0 Å². The Kier molecular flexibility index (Phi) is 1.37. The van der Waals surface area contributed by atoms with E-state index in [4.69, 9.17) is 1.37 Å². The summed E-state index contributed by atoms with van der Waals surface area (Å²) in [6, 6.07) is 8.00. The summed E-state index contributed by atoms with van der Waals surface area (Å²) >= 11 is 0. The molecule has 0 fully saturated rings. The van der Waals surface area contributed by atoms with Gasteiger partial charge < -0.3 is 4.90 Å². The van der Waals surface area contributed by atoms with Gasteiger partial charge >= 0.3 is 0 Å². The maximum atomic E-state index is 7.21. The van der Waals surface area contributed by atoms with Crippen LogP contribution in [0.2, 0.25) is 0 Å². The lowest BCUT2D eigenvalue weighted by Crippen LogP contribution is -2.07. The molecule has 0 spiro atoms. The molecule has 0 unspecified atom stereocenters. The SMILES string of the molecule is [2H]c1ccc(N(C)C)cc1. The van der Waals surface area contributed by atoms with E-state index in [9.17, 15) is 0 Å². The number of anilines is 1. The molecule has 0 saturated heterocycles. The van der Waals surface area contributed by atoms with Crippen molar-refractivity contribution in [2.45, 2.75) is 0 Å². The smallest absolute Gasteiger partial charge is 0.0623 e. The molecule has 0 atom stereocenters. The average Bonchev–Trinajstić information content (AvgIpc) is 1.88. The maximum absolute atomic E-state index is 7.21. The van der Waals surface area contributed by atoms with Gasteiger partial charge in [0, 0.05) is 19.8 Å². The van der Waals surface area contributed by atoms with Gasteiger partial charge in [-0.15, -0.1) is 0 Å². The highest BCUT2D eigenvalue weighted by Crippen LogP contribution is 2.07. The minimum absolute atomic E-state index is 0.561. The first-order valence-electron chi connectivity index (χ1n) is 3.44. The Balaban J connectivity index is 2.89. The second-order valence-corrected chi connectivity index (χ2v) is 2.15. The van der Waals surface area contributed by atoms with Crippen LogP contribution in [0.3, 0.4) is 0 Å². The van der Waals surface area contributed by atoms with Gasteiger partial charge in [0.25, 0.3) is 0 Å². The number of benzene rings is 1. The van der Waals surface area contributed by atoms with Crippen LogP contribution in [0.15, 0.2) is 30.3 Å². The Morgan fingerprint density at radius 3 is 2.33 bits per heavy atom. The fraction of sp³-hybridized carbons (Fsp3) is 0.250. The molecule has 1 rings (SSSR count). The third kappa shape index (κ3) is 1.46. The summed E-state index contributed by atoms with van der Waals surface area (Å²) in [6.07, 6.45) is 0. The summed E-state index contributed by atoms with van der Waals surface area (Å²) in [5.74, 6) is 0. The Bertz CT molecular complexity index is 203. The third-order valence-electron chi connectivity index (χ3n) is 1.22. The van der Waals surface area contributed by atoms with E-state index in [0.29, 0.717) is 6.04 Å². The molecule has 0 N–H and O–H groups in total. The number of hydrogen-bond acceptors (Lipinski definition) is 1. The van der Waals surface area contributed by atoms with Gasteiger partial charge in [0.05, 0.1) is 1.37 Å². The Morgan fingerprint density at radius 1 is 1.33 bits per heavy atom.